The Morgan fingerprint density at radius 1 is 1.14 bits per heavy atom. The summed E-state index contributed by atoms with van der Waals surface area (Å²) in [7, 11) is 4.36. The van der Waals surface area contributed by atoms with E-state index in [0.717, 1.165) is 0 Å². The molecule has 0 aliphatic heterocycles. The van der Waals surface area contributed by atoms with Gasteiger partial charge in [0.2, 0.25) is 5.75 Å². The maximum Gasteiger partial charge on any atom is 0.339 e. The van der Waals surface area contributed by atoms with E-state index in [1.54, 1.807) is 0 Å². The summed E-state index contributed by atoms with van der Waals surface area (Å²) in [6, 6.07) is 4.33. The van der Waals surface area contributed by atoms with E-state index in [0.29, 0.717) is 22.8 Å². The molecule has 1 aromatic carbocycles. The first-order valence-electron chi connectivity index (χ1n) is 6.32. The van der Waals surface area contributed by atoms with E-state index in [2.05, 4.69) is 0 Å². The van der Waals surface area contributed by atoms with Crippen molar-refractivity contribution in [2.24, 2.45) is 0 Å². The zero-order valence-electron chi connectivity index (χ0n) is 12.3. The monoisotopic (exact) mass is 308 g/mol. The van der Waals surface area contributed by atoms with Crippen molar-refractivity contribution in [3.63, 3.8) is 0 Å². The van der Waals surface area contributed by atoms with Gasteiger partial charge in [-0.25, -0.2) is 4.79 Å². The number of ether oxygens (including phenoxy) is 3. The molecule has 0 aliphatic rings. The van der Waals surface area contributed by atoms with Gasteiger partial charge in [-0.2, -0.15) is 0 Å². The summed E-state index contributed by atoms with van der Waals surface area (Å²) in [5, 5.41) is 19.5. The number of aliphatic hydroxyl groups excluding tert-OH is 1. The first-order valence-corrected chi connectivity index (χ1v) is 6.32. The van der Waals surface area contributed by atoms with Crippen molar-refractivity contribution in [1.29, 1.82) is 0 Å². The summed E-state index contributed by atoms with van der Waals surface area (Å²) in [6.07, 6.45) is -0.0743. The number of benzene rings is 1. The van der Waals surface area contributed by atoms with Crippen LogP contribution in [0.5, 0.6) is 17.2 Å². The summed E-state index contributed by atoms with van der Waals surface area (Å²) < 4.78 is 20.7. The molecule has 0 amide bonds. The fourth-order valence-electron chi connectivity index (χ4n) is 2.12. The molecule has 2 rings (SSSR count). The Bertz CT molecular complexity index is 649. The molecule has 0 spiro atoms. The first-order chi connectivity index (χ1) is 10.5. The number of carboxylic acids is 1. The van der Waals surface area contributed by atoms with Crippen LogP contribution in [0.3, 0.4) is 0 Å². The van der Waals surface area contributed by atoms with Gasteiger partial charge in [-0.3, -0.25) is 0 Å². The van der Waals surface area contributed by atoms with E-state index in [4.69, 9.17) is 23.7 Å². The molecule has 0 aliphatic carbocycles. The first kappa shape index (κ1) is 15.7. The molecule has 22 heavy (non-hydrogen) atoms. The molecule has 7 nitrogen and oxygen atoms in total. The second-order valence-electron chi connectivity index (χ2n) is 4.36. The van der Waals surface area contributed by atoms with Gasteiger partial charge in [0.05, 0.1) is 27.6 Å². The molecule has 0 bridgehead atoms. The van der Waals surface area contributed by atoms with Crippen LogP contribution < -0.4 is 14.2 Å². The Morgan fingerprint density at radius 3 is 2.18 bits per heavy atom. The lowest BCUT2D eigenvalue weighted by Gasteiger charge is -2.16. The highest BCUT2D eigenvalue weighted by molar-refractivity contribution is 5.89. The maximum absolute atomic E-state index is 11.1. The second kappa shape index (κ2) is 6.40. The Labute approximate surface area is 126 Å². The van der Waals surface area contributed by atoms with Crippen molar-refractivity contribution in [1.82, 2.24) is 0 Å². The van der Waals surface area contributed by atoms with Crippen molar-refractivity contribution in [2.75, 3.05) is 21.3 Å². The second-order valence-corrected chi connectivity index (χ2v) is 4.36. The minimum absolute atomic E-state index is 0.0678. The van der Waals surface area contributed by atoms with Gasteiger partial charge in [-0.15, -0.1) is 0 Å². The van der Waals surface area contributed by atoms with Crippen molar-refractivity contribution in [2.45, 2.75) is 6.10 Å². The van der Waals surface area contributed by atoms with Crippen LogP contribution in [0.4, 0.5) is 0 Å². The molecule has 0 saturated carbocycles. The highest BCUT2D eigenvalue weighted by Crippen LogP contribution is 2.41. The number of aliphatic hydroxyl groups is 1. The van der Waals surface area contributed by atoms with Gasteiger partial charge >= 0.3 is 5.97 Å². The number of carbonyl (C=O) groups is 1. The van der Waals surface area contributed by atoms with Crippen molar-refractivity contribution >= 4 is 5.97 Å². The molecule has 2 N–H and O–H groups in total. The van der Waals surface area contributed by atoms with Gasteiger partial charge < -0.3 is 28.8 Å². The third-order valence-electron chi connectivity index (χ3n) is 3.18. The lowest BCUT2D eigenvalue weighted by molar-refractivity contribution is 0.0687. The number of hydrogen-bond acceptors (Lipinski definition) is 6. The van der Waals surface area contributed by atoms with Gasteiger partial charge in [0.15, 0.2) is 17.3 Å². The minimum Gasteiger partial charge on any atom is -0.493 e. The molecule has 118 valence electrons. The average molecular weight is 308 g/mol. The number of aromatic carboxylic acids is 1. The van der Waals surface area contributed by atoms with E-state index in [9.17, 15) is 9.90 Å². The van der Waals surface area contributed by atoms with Crippen LogP contribution in [-0.2, 0) is 0 Å². The lowest BCUT2D eigenvalue weighted by Crippen LogP contribution is -2.06. The van der Waals surface area contributed by atoms with Crippen molar-refractivity contribution in [3.05, 3.63) is 41.3 Å². The van der Waals surface area contributed by atoms with Crippen LogP contribution in [0.25, 0.3) is 0 Å². The molecule has 2 aromatic rings. The summed E-state index contributed by atoms with van der Waals surface area (Å²) in [4.78, 5) is 11.1. The number of methoxy groups -OCH3 is 3. The summed E-state index contributed by atoms with van der Waals surface area (Å²) in [6.45, 7) is 0. The predicted octanol–water partition coefficient (Wildman–Crippen LogP) is 2.09. The molecule has 1 heterocycles. The van der Waals surface area contributed by atoms with E-state index in [1.807, 2.05) is 0 Å². The Kier molecular flexibility index (Phi) is 4.57. The summed E-state index contributed by atoms with van der Waals surface area (Å²) in [5.74, 6) is -0.186. The van der Waals surface area contributed by atoms with Crippen LogP contribution >= 0.6 is 0 Å². The van der Waals surface area contributed by atoms with Gasteiger partial charge in [0.25, 0.3) is 0 Å². The molecule has 7 heteroatoms. The molecular formula is C15H16O7. The summed E-state index contributed by atoms with van der Waals surface area (Å²) in [5.41, 5.74) is 0.244. The van der Waals surface area contributed by atoms with Crippen LogP contribution in [0.1, 0.15) is 27.8 Å². The van der Waals surface area contributed by atoms with E-state index < -0.39 is 12.1 Å². The van der Waals surface area contributed by atoms with E-state index in [-0.39, 0.29) is 11.3 Å². The normalized spacial score (nSPS) is 11.8. The molecular weight excluding hydrogens is 292 g/mol. The van der Waals surface area contributed by atoms with Crippen LogP contribution in [0.15, 0.2) is 28.9 Å². The third kappa shape index (κ3) is 2.71. The minimum atomic E-state index is -1.28. The van der Waals surface area contributed by atoms with Crippen LogP contribution in [0, 0.1) is 0 Å². The smallest absolute Gasteiger partial charge is 0.339 e. The van der Waals surface area contributed by atoms with Crippen molar-refractivity contribution in [3.8, 4) is 17.2 Å². The molecule has 1 aromatic heterocycles. The van der Waals surface area contributed by atoms with Crippen LogP contribution in [0.2, 0.25) is 0 Å². The number of furan rings is 1. The summed E-state index contributed by atoms with van der Waals surface area (Å²) >= 11 is 0. The molecule has 1 unspecified atom stereocenters. The number of carboxylic acid groups (broad SMARTS) is 1. The molecule has 0 saturated heterocycles. The number of rotatable bonds is 6. The van der Waals surface area contributed by atoms with Gasteiger partial charge in [-0.1, -0.05) is 0 Å². The topological polar surface area (TPSA) is 98.4 Å². The van der Waals surface area contributed by atoms with Crippen LogP contribution in [-0.4, -0.2) is 37.5 Å². The standard InChI is InChI=1S/C15H16O7/c1-19-10-6-8(7-11(20-2)14(10)21-3)12(16)13-9(15(17)18)4-5-22-13/h4-7,12,16H,1-3H3,(H,17,18). The largest absolute Gasteiger partial charge is 0.493 e. The van der Waals surface area contributed by atoms with Gasteiger partial charge in [0.1, 0.15) is 11.7 Å². The maximum atomic E-state index is 11.1. The SMILES string of the molecule is COc1cc(C(O)c2occc2C(=O)O)cc(OC)c1OC. The lowest BCUT2D eigenvalue weighted by atomic mass is 10.0. The molecule has 0 fully saturated rings. The number of hydrogen-bond donors (Lipinski definition) is 2. The highest BCUT2D eigenvalue weighted by Gasteiger charge is 2.25. The van der Waals surface area contributed by atoms with Gasteiger partial charge in [-0.05, 0) is 23.8 Å². The Morgan fingerprint density at radius 2 is 1.73 bits per heavy atom. The van der Waals surface area contributed by atoms with Crippen molar-refractivity contribution < 1.29 is 33.6 Å². The fourth-order valence-corrected chi connectivity index (χ4v) is 2.12. The van der Waals surface area contributed by atoms with E-state index in [1.165, 1.54) is 45.8 Å². The third-order valence-corrected chi connectivity index (χ3v) is 3.18. The highest BCUT2D eigenvalue weighted by atomic mass is 16.5. The van der Waals surface area contributed by atoms with Gasteiger partial charge in [0, 0.05) is 0 Å². The zero-order valence-corrected chi connectivity index (χ0v) is 12.3. The Hall–Kier alpha value is -2.67. The Balaban J connectivity index is 2.52. The quantitative estimate of drug-likeness (QED) is 0.843. The average Bonchev–Trinajstić information content (AvgIpc) is 3.02. The molecule has 1 atom stereocenters. The zero-order chi connectivity index (χ0) is 16.3. The van der Waals surface area contributed by atoms with E-state index >= 15 is 0 Å². The predicted molar refractivity (Wildman–Crippen MR) is 75.8 cm³/mol. The molecule has 0 radical (unpaired) electrons. The fraction of sp³-hybridized carbons (Fsp3) is 0.267.